The van der Waals surface area contributed by atoms with Gasteiger partial charge in [0.25, 0.3) is 0 Å². The van der Waals surface area contributed by atoms with Gasteiger partial charge in [-0.05, 0) is 29.4 Å². The number of hydrogen-bond acceptors (Lipinski definition) is 2. The van der Waals surface area contributed by atoms with Gasteiger partial charge in [0.05, 0.1) is 5.69 Å². The SMILES string of the molecule is Cn1cc([C@@H]2[C@@H](CN)C2(C)C)c(C(C)(C)C)n1. The fourth-order valence-electron chi connectivity index (χ4n) is 3.12. The molecule has 1 fully saturated rings. The minimum Gasteiger partial charge on any atom is -0.330 e. The number of aryl methyl sites for hydroxylation is 1. The van der Waals surface area contributed by atoms with Crippen LogP contribution in [0.25, 0.3) is 0 Å². The number of hydrogen-bond donors (Lipinski definition) is 1. The Bertz CT molecular complexity index is 423. The van der Waals surface area contributed by atoms with E-state index >= 15 is 0 Å². The van der Waals surface area contributed by atoms with Gasteiger partial charge >= 0.3 is 0 Å². The minimum absolute atomic E-state index is 0.106. The van der Waals surface area contributed by atoms with Crippen molar-refractivity contribution in [2.45, 2.75) is 46.0 Å². The third-order valence-electron chi connectivity index (χ3n) is 4.21. The first-order valence-electron chi connectivity index (χ1n) is 6.43. The topological polar surface area (TPSA) is 43.8 Å². The molecule has 0 aliphatic heterocycles. The van der Waals surface area contributed by atoms with Crippen molar-refractivity contribution >= 4 is 0 Å². The fourth-order valence-corrected chi connectivity index (χ4v) is 3.12. The Morgan fingerprint density at radius 1 is 1.41 bits per heavy atom. The summed E-state index contributed by atoms with van der Waals surface area (Å²) in [5.74, 6) is 1.18. The Morgan fingerprint density at radius 3 is 2.41 bits per heavy atom. The first kappa shape index (κ1) is 12.6. The van der Waals surface area contributed by atoms with E-state index in [0.29, 0.717) is 17.3 Å². The second kappa shape index (κ2) is 3.58. The standard InChI is InChI=1S/C14H25N3/c1-13(2,3)12-9(8-17(6)16-12)11-10(7-15)14(11,4)5/h8,10-11H,7,15H2,1-6H3/t10-,11-/m1/s1. The quantitative estimate of drug-likeness (QED) is 0.855. The van der Waals surface area contributed by atoms with Gasteiger partial charge in [-0.2, -0.15) is 5.10 Å². The maximum Gasteiger partial charge on any atom is 0.0712 e. The summed E-state index contributed by atoms with van der Waals surface area (Å²) in [7, 11) is 2.01. The van der Waals surface area contributed by atoms with Crippen LogP contribution in [0.4, 0.5) is 0 Å². The highest BCUT2D eigenvalue weighted by atomic mass is 15.3. The van der Waals surface area contributed by atoms with E-state index in [2.05, 4.69) is 45.9 Å². The molecular weight excluding hydrogens is 210 g/mol. The number of rotatable bonds is 2. The van der Waals surface area contributed by atoms with Crippen molar-refractivity contribution in [3.8, 4) is 0 Å². The molecular formula is C14H25N3. The smallest absolute Gasteiger partial charge is 0.0712 e. The van der Waals surface area contributed by atoms with Crippen molar-refractivity contribution in [1.82, 2.24) is 9.78 Å². The molecule has 1 aliphatic rings. The molecule has 2 atom stereocenters. The van der Waals surface area contributed by atoms with Gasteiger partial charge in [0.15, 0.2) is 0 Å². The van der Waals surface area contributed by atoms with Crippen LogP contribution >= 0.6 is 0 Å². The van der Waals surface area contributed by atoms with E-state index in [0.717, 1.165) is 6.54 Å². The monoisotopic (exact) mass is 235 g/mol. The van der Waals surface area contributed by atoms with Crippen molar-refractivity contribution in [3.05, 3.63) is 17.5 Å². The summed E-state index contributed by atoms with van der Waals surface area (Å²) < 4.78 is 1.94. The van der Waals surface area contributed by atoms with Crippen LogP contribution in [0, 0.1) is 11.3 Å². The molecule has 1 aromatic rings. The van der Waals surface area contributed by atoms with E-state index in [1.807, 2.05) is 11.7 Å². The second-order valence-electron chi connectivity index (χ2n) is 7.00. The van der Waals surface area contributed by atoms with E-state index in [4.69, 9.17) is 5.73 Å². The molecule has 1 heterocycles. The molecule has 0 aromatic carbocycles. The van der Waals surface area contributed by atoms with Crippen molar-refractivity contribution in [2.24, 2.45) is 24.1 Å². The van der Waals surface area contributed by atoms with Crippen LogP contribution in [0.5, 0.6) is 0 Å². The number of nitrogens with zero attached hydrogens (tertiary/aromatic N) is 2. The first-order chi connectivity index (χ1) is 7.69. The molecule has 0 saturated heterocycles. The maximum atomic E-state index is 5.88. The van der Waals surface area contributed by atoms with Crippen molar-refractivity contribution in [1.29, 1.82) is 0 Å². The van der Waals surface area contributed by atoms with Crippen LogP contribution in [0.2, 0.25) is 0 Å². The van der Waals surface area contributed by atoms with Crippen LogP contribution in [0.1, 0.15) is 51.8 Å². The van der Waals surface area contributed by atoms with E-state index in [-0.39, 0.29) is 5.41 Å². The Balaban J connectivity index is 2.41. The molecule has 17 heavy (non-hydrogen) atoms. The van der Waals surface area contributed by atoms with Crippen LogP contribution in [-0.2, 0) is 12.5 Å². The summed E-state index contributed by atoms with van der Waals surface area (Å²) in [5, 5.41) is 4.65. The molecule has 0 spiro atoms. The summed E-state index contributed by atoms with van der Waals surface area (Å²) in [5.41, 5.74) is 8.95. The molecule has 2 rings (SSSR count). The molecule has 0 bridgehead atoms. The molecule has 1 aromatic heterocycles. The lowest BCUT2D eigenvalue weighted by Crippen LogP contribution is -2.15. The normalized spacial score (nSPS) is 27.2. The van der Waals surface area contributed by atoms with E-state index in [1.54, 1.807) is 0 Å². The van der Waals surface area contributed by atoms with Gasteiger partial charge in [0.2, 0.25) is 0 Å². The molecule has 2 N–H and O–H groups in total. The third kappa shape index (κ3) is 1.90. The lowest BCUT2D eigenvalue weighted by atomic mass is 9.87. The third-order valence-corrected chi connectivity index (χ3v) is 4.21. The molecule has 96 valence electrons. The molecule has 1 saturated carbocycles. The minimum atomic E-state index is 0.106. The molecule has 0 radical (unpaired) electrons. The Morgan fingerprint density at radius 2 is 2.00 bits per heavy atom. The highest BCUT2D eigenvalue weighted by Crippen LogP contribution is 2.64. The maximum absolute atomic E-state index is 5.88. The molecule has 1 aliphatic carbocycles. The van der Waals surface area contributed by atoms with Crippen LogP contribution in [0.15, 0.2) is 6.20 Å². The zero-order chi connectivity index (χ0) is 13.0. The second-order valence-corrected chi connectivity index (χ2v) is 7.00. The molecule has 3 heteroatoms. The number of aromatic nitrogens is 2. The Kier molecular flexibility index (Phi) is 2.66. The van der Waals surface area contributed by atoms with Gasteiger partial charge in [-0.15, -0.1) is 0 Å². The van der Waals surface area contributed by atoms with Crippen LogP contribution in [-0.4, -0.2) is 16.3 Å². The van der Waals surface area contributed by atoms with Crippen LogP contribution in [0.3, 0.4) is 0 Å². The predicted molar refractivity (Wildman–Crippen MR) is 71.0 cm³/mol. The average Bonchev–Trinajstić information content (AvgIpc) is 2.51. The van der Waals surface area contributed by atoms with Gasteiger partial charge in [-0.3, -0.25) is 4.68 Å². The summed E-state index contributed by atoms with van der Waals surface area (Å²) in [6, 6.07) is 0. The lowest BCUT2D eigenvalue weighted by Gasteiger charge is -2.18. The van der Waals surface area contributed by atoms with Gasteiger partial charge in [0, 0.05) is 18.7 Å². The first-order valence-corrected chi connectivity index (χ1v) is 6.43. The van der Waals surface area contributed by atoms with E-state index < -0.39 is 0 Å². The summed E-state index contributed by atoms with van der Waals surface area (Å²) in [6.45, 7) is 12.1. The lowest BCUT2D eigenvalue weighted by molar-refractivity contribution is 0.539. The summed E-state index contributed by atoms with van der Waals surface area (Å²) >= 11 is 0. The van der Waals surface area contributed by atoms with E-state index in [9.17, 15) is 0 Å². The summed E-state index contributed by atoms with van der Waals surface area (Å²) in [6.07, 6.45) is 2.18. The zero-order valence-electron chi connectivity index (χ0n) is 11.9. The average molecular weight is 235 g/mol. The highest BCUT2D eigenvalue weighted by Gasteiger charge is 2.58. The van der Waals surface area contributed by atoms with Crippen molar-refractivity contribution in [2.75, 3.05) is 6.54 Å². The Hall–Kier alpha value is -0.830. The largest absolute Gasteiger partial charge is 0.330 e. The molecule has 0 amide bonds. The summed E-state index contributed by atoms with van der Waals surface area (Å²) in [4.78, 5) is 0. The van der Waals surface area contributed by atoms with Gasteiger partial charge < -0.3 is 5.73 Å². The van der Waals surface area contributed by atoms with Gasteiger partial charge in [-0.1, -0.05) is 34.6 Å². The molecule has 3 nitrogen and oxygen atoms in total. The van der Waals surface area contributed by atoms with Crippen molar-refractivity contribution in [3.63, 3.8) is 0 Å². The van der Waals surface area contributed by atoms with Gasteiger partial charge in [-0.25, -0.2) is 0 Å². The van der Waals surface area contributed by atoms with Crippen molar-refractivity contribution < 1.29 is 0 Å². The molecule has 0 unspecified atom stereocenters. The number of nitrogens with two attached hydrogens (primary N) is 1. The predicted octanol–water partition coefficient (Wildman–Crippen LogP) is 2.42. The highest BCUT2D eigenvalue weighted by molar-refractivity contribution is 5.36. The van der Waals surface area contributed by atoms with Crippen LogP contribution < -0.4 is 5.73 Å². The zero-order valence-corrected chi connectivity index (χ0v) is 11.9. The van der Waals surface area contributed by atoms with Gasteiger partial charge in [0.1, 0.15) is 0 Å². The fraction of sp³-hybridized carbons (Fsp3) is 0.786. The van der Waals surface area contributed by atoms with E-state index in [1.165, 1.54) is 11.3 Å². The Labute approximate surface area is 104 Å².